The van der Waals surface area contributed by atoms with Crippen LogP contribution < -0.4 is 5.63 Å². The molecule has 1 aliphatic carbocycles. The maximum Gasteiger partial charge on any atom is 0.336 e. The first-order valence-corrected chi connectivity index (χ1v) is 8.73. The van der Waals surface area contributed by atoms with Crippen LogP contribution in [0.4, 0.5) is 0 Å². The first kappa shape index (κ1) is 16.7. The second-order valence-electron chi connectivity index (χ2n) is 6.84. The summed E-state index contributed by atoms with van der Waals surface area (Å²) >= 11 is 0. The van der Waals surface area contributed by atoms with Crippen LogP contribution in [-0.4, -0.2) is 5.97 Å². The minimum absolute atomic E-state index is 0.121. The van der Waals surface area contributed by atoms with E-state index in [1.54, 1.807) is 0 Å². The maximum atomic E-state index is 12.1. The first-order valence-electron chi connectivity index (χ1n) is 8.73. The van der Waals surface area contributed by atoms with Crippen LogP contribution in [0.15, 0.2) is 27.4 Å². The highest BCUT2D eigenvalue weighted by atomic mass is 16.5. The summed E-state index contributed by atoms with van der Waals surface area (Å²) < 4.78 is 10.8. The molecule has 1 saturated carbocycles. The van der Waals surface area contributed by atoms with Crippen LogP contribution in [0.1, 0.15) is 55.2 Å². The van der Waals surface area contributed by atoms with Gasteiger partial charge in [0.15, 0.2) is 0 Å². The van der Waals surface area contributed by atoms with Crippen molar-refractivity contribution in [2.75, 3.05) is 0 Å². The predicted octanol–water partition coefficient (Wildman–Crippen LogP) is 4.42. The van der Waals surface area contributed by atoms with Crippen molar-refractivity contribution >= 4 is 16.9 Å². The van der Waals surface area contributed by atoms with E-state index in [-0.39, 0.29) is 12.6 Å². The highest BCUT2D eigenvalue weighted by Gasteiger charge is 2.18. The van der Waals surface area contributed by atoms with Gasteiger partial charge in [-0.3, -0.25) is 4.79 Å². The lowest BCUT2D eigenvalue weighted by atomic mass is 9.87. The summed E-state index contributed by atoms with van der Waals surface area (Å²) in [4.78, 5) is 23.9. The molecule has 0 amide bonds. The van der Waals surface area contributed by atoms with Crippen molar-refractivity contribution in [2.24, 2.45) is 5.92 Å². The van der Waals surface area contributed by atoms with E-state index >= 15 is 0 Å². The van der Waals surface area contributed by atoms with Crippen LogP contribution in [0, 0.1) is 19.8 Å². The summed E-state index contributed by atoms with van der Waals surface area (Å²) in [5.74, 6) is 0.279. The maximum absolute atomic E-state index is 12.1. The number of esters is 1. The number of fused-ring (bicyclic) bond motifs is 1. The number of carbonyl (C=O) groups excluding carboxylic acids is 1. The molecule has 1 fully saturated rings. The molecule has 1 aromatic heterocycles. The molecule has 0 bridgehead atoms. The van der Waals surface area contributed by atoms with Crippen LogP contribution >= 0.6 is 0 Å². The zero-order valence-corrected chi connectivity index (χ0v) is 14.4. The Morgan fingerprint density at radius 2 is 1.96 bits per heavy atom. The van der Waals surface area contributed by atoms with Gasteiger partial charge in [0.1, 0.15) is 12.2 Å². The van der Waals surface area contributed by atoms with E-state index in [0.29, 0.717) is 23.5 Å². The molecule has 1 aromatic carbocycles. The van der Waals surface area contributed by atoms with Crippen molar-refractivity contribution in [3.05, 3.63) is 45.3 Å². The third-order valence-electron chi connectivity index (χ3n) is 5.09. The predicted molar refractivity (Wildman–Crippen MR) is 92.9 cm³/mol. The molecule has 0 aliphatic heterocycles. The molecule has 0 spiro atoms. The van der Waals surface area contributed by atoms with E-state index in [4.69, 9.17) is 9.15 Å². The van der Waals surface area contributed by atoms with Crippen molar-refractivity contribution in [2.45, 2.75) is 59.0 Å². The lowest BCUT2D eigenvalue weighted by Gasteiger charge is -2.20. The average molecular weight is 328 g/mol. The monoisotopic (exact) mass is 328 g/mol. The van der Waals surface area contributed by atoms with Gasteiger partial charge >= 0.3 is 11.6 Å². The van der Waals surface area contributed by atoms with Gasteiger partial charge in [0.05, 0.1) is 0 Å². The molecule has 0 unspecified atom stereocenters. The van der Waals surface area contributed by atoms with E-state index < -0.39 is 5.63 Å². The van der Waals surface area contributed by atoms with E-state index in [0.717, 1.165) is 29.4 Å². The molecule has 0 atom stereocenters. The van der Waals surface area contributed by atoms with Crippen molar-refractivity contribution in [3.8, 4) is 0 Å². The summed E-state index contributed by atoms with van der Waals surface area (Å²) in [6.45, 7) is 4.03. The Bertz CT molecular complexity index is 797. The van der Waals surface area contributed by atoms with E-state index in [1.165, 1.54) is 25.3 Å². The highest BCUT2D eigenvalue weighted by molar-refractivity contribution is 5.84. The molecule has 2 aromatic rings. The highest BCUT2D eigenvalue weighted by Crippen LogP contribution is 2.27. The number of rotatable bonds is 4. The largest absolute Gasteiger partial charge is 0.461 e. The fourth-order valence-corrected chi connectivity index (χ4v) is 3.49. The number of aryl methyl sites for hydroxylation is 2. The van der Waals surface area contributed by atoms with Crippen molar-refractivity contribution in [1.82, 2.24) is 0 Å². The van der Waals surface area contributed by atoms with Gasteiger partial charge in [-0.1, -0.05) is 31.4 Å². The van der Waals surface area contributed by atoms with Gasteiger partial charge < -0.3 is 9.15 Å². The number of ether oxygens (including phenoxy) is 1. The van der Waals surface area contributed by atoms with Gasteiger partial charge in [-0.05, 0) is 43.7 Å². The topological polar surface area (TPSA) is 56.5 Å². The molecule has 4 heteroatoms. The minimum atomic E-state index is -0.408. The fraction of sp³-hybridized carbons (Fsp3) is 0.500. The second kappa shape index (κ2) is 7.20. The fourth-order valence-electron chi connectivity index (χ4n) is 3.49. The third kappa shape index (κ3) is 3.69. The number of benzene rings is 1. The van der Waals surface area contributed by atoms with Crippen LogP contribution in [0.2, 0.25) is 0 Å². The smallest absolute Gasteiger partial charge is 0.336 e. The Balaban J connectivity index is 1.74. The SMILES string of the molecule is Cc1ccc2c(COC(=O)CC3CCCCC3)cc(=O)oc2c1C. The molecule has 0 N–H and O–H groups in total. The van der Waals surface area contributed by atoms with E-state index in [1.807, 2.05) is 26.0 Å². The minimum Gasteiger partial charge on any atom is -0.461 e. The molecule has 0 saturated heterocycles. The normalized spacial score (nSPS) is 15.6. The van der Waals surface area contributed by atoms with Crippen molar-refractivity contribution in [3.63, 3.8) is 0 Å². The zero-order valence-electron chi connectivity index (χ0n) is 14.4. The molecular formula is C20H24O4. The third-order valence-corrected chi connectivity index (χ3v) is 5.09. The van der Waals surface area contributed by atoms with Crippen LogP contribution in [0.5, 0.6) is 0 Å². The molecule has 128 valence electrons. The van der Waals surface area contributed by atoms with Crippen LogP contribution in [-0.2, 0) is 16.1 Å². The summed E-state index contributed by atoms with van der Waals surface area (Å²) in [7, 11) is 0. The van der Waals surface area contributed by atoms with Gasteiger partial charge in [0.2, 0.25) is 0 Å². The number of hydrogen-bond acceptors (Lipinski definition) is 4. The summed E-state index contributed by atoms with van der Waals surface area (Å²) in [5, 5.41) is 0.836. The quantitative estimate of drug-likeness (QED) is 0.615. The molecule has 3 rings (SSSR count). The standard InChI is InChI=1S/C20H24O4/c1-13-8-9-17-16(11-19(22)24-20(17)14(13)2)12-23-18(21)10-15-6-4-3-5-7-15/h8-9,11,15H,3-7,10,12H2,1-2H3. The summed E-state index contributed by atoms with van der Waals surface area (Å²) in [5.41, 5.74) is 2.90. The van der Waals surface area contributed by atoms with Crippen LogP contribution in [0.25, 0.3) is 11.0 Å². The van der Waals surface area contributed by atoms with Gasteiger partial charge in [-0.2, -0.15) is 0 Å². The van der Waals surface area contributed by atoms with Crippen molar-refractivity contribution in [1.29, 1.82) is 0 Å². The Labute approximate surface area is 141 Å². The van der Waals surface area contributed by atoms with Gasteiger partial charge in [-0.15, -0.1) is 0 Å². The molecular weight excluding hydrogens is 304 g/mol. The van der Waals surface area contributed by atoms with Gasteiger partial charge in [-0.25, -0.2) is 4.79 Å². The van der Waals surface area contributed by atoms with Gasteiger partial charge in [0.25, 0.3) is 0 Å². The Hall–Kier alpha value is -2.10. The number of carbonyl (C=O) groups is 1. The van der Waals surface area contributed by atoms with Gasteiger partial charge in [0, 0.05) is 23.4 Å². The molecule has 4 nitrogen and oxygen atoms in total. The molecule has 24 heavy (non-hydrogen) atoms. The molecule has 1 aliphatic rings. The lowest BCUT2D eigenvalue weighted by Crippen LogP contribution is -2.14. The summed E-state index contributed by atoms with van der Waals surface area (Å²) in [6.07, 6.45) is 6.41. The number of hydrogen-bond donors (Lipinski definition) is 0. The Morgan fingerprint density at radius 3 is 2.71 bits per heavy atom. The van der Waals surface area contributed by atoms with E-state index in [9.17, 15) is 9.59 Å². The lowest BCUT2D eigenvalue weighted by molar-refractivity contribution is -0.146. The zero-order chi connectivity index (χ0) is 17.1. The Kier molecular flexibility index (Phi) is 5.03. The summed E-state index contributed by atoms with van der Waals surface area (Å²) in [6, 6.07) is 5.33. The average Bonchev–Trinajstić information content (AvgIpc) is 2.57. The van der Waals surface area contributed by atoms with E-state index in [2.05, 4.69) is 0 Å². The van der Waals surface area contributed by atoms with Crippen molar-refractivity contribution < 1.29 is 13.9 Å². The Morgan fingerprint density at radius 1 is 1.21 bits per heavy atom. The second-order valence-corrected chi connectivity index (χ2v) is 6.84. The van der Waals surface area contributed by atoms with Crippen LogP contribution in [0.3, 0.4) is 0 Å². The first-order chi connectivity index (χ1) is 11.5. The molecule has 1 heterocycles. The molecule has 0 radical (unpaired) electrons.